The number of rotatable bonds is 5. The van der Waals surface area contributed by atoms with Crippen molar-refractivity contribution < 1.29 is 9.59 Å². The van der Waals surface area contributed by atoms with Crippen molar-refractivity contribution in [3.63, 3.8) is 0 Å². The lowest BCUT2D eigenvalue weighted by atomic mass is 9.95. The van der Waals surface area contributed by atoms with Gasteiger partial charge in [0.25, 0.3) is 11.8 Å². The Morgan fingerprint density at radius 3 is 1.76 bits per heavy atom. The van der Waals surface area contributed by atoms with Crippen LogP contribution in [0.25, 0.3) is 60.9 Å². The fourth-order valence-electron chi connectivity index (χ4n) is 7.68. The van der Waals surface area contributed by atoms with Crippen molar-refractivity contribution >= 4 is 39.3 Å². The van der Waals surface area contributed by atoms with Crippen molar-refractivity contribution in [2.75, 3.05) is 4.90 Å². The highest BCUT2D eigenvalue weighted by Gasteiger charge is 2.41. The topological polar surface area (TPSA) is 42.3 Å². The summed E-state index contributed by atoms with van der Waals surface area (Å²) in [7, 11) is 0. The molecule has 8 aromatic rings. The molecule has 50 heavy (non-hydrogen) atoms. The molecule has 2 heterocycles. The lowest BCUT2D eigenvalue weighted by molar-refractivity contribution is 0.0926. The van der Waals surface area contributed by atoms with E-state index in [0.717, 1.165) is 49.6 Å². The van der Waals surface area contributed by atoms with Crippen molar-refractivity contribution in [2.24, 2.45) is 0 Å². The Labute approximate surface area is 290 Å². The molecule has 0 aliphatic carbocycles. The maximum atomic E-state index is 15.0. The number of carbonyl (C=O) groups excluding carboxylic acids is 2. The first-order chi connectivity index (χ1) is 24.5. The first kappa shape index (κ1) is 29.6. The number of anilines is 1. The number of para-hydroxylation sites is 2. The van der Waals surface area contributed by atoms with Gasteiger partial charge in [0.1, 0.15) is 0 Å². The summed E-state index contributed by atoms with van der Waals surface area (Å²) in [6, 6.07) is 52.8. The second-order valence-electron chi connectivity index (χ2n) is 13.0. The number of imide groups is 1. The minimum Gasteiger partial charge on any atom is -0.308 e. The van der Waals surface area contributed by atoms with Crippen molar-refractivity contribution in [1.29, 1.82) is 0 Å². The third kappa shape index (κ3) is 4.53. The summed E-state index contributed by atoms with van der Waals surface area (Å²) in [5, 5.41) is 2.17. The lowest BCUT2D eigenvalue weighted by Gasteiger charge is -2.23. The molecule has 0 spiro atoms. The Hall–Kier alpha value is -6.52. The maximum Gasteiger partial charge on any atom is 0.268 e. The predicted molar refractivity (Wildman–Crippen MR) is 204 cm³/mol. The van der Waals surface area contributed by atoms with E-state index in [0.29, 0.717) is 22.5 Å². The normalized spacial score (nSPS) is 12.6. The number of hydrogen-bond acceptors (Lipinski definition) is 2. The van der Waals surface area contributed by atoms with Gasteiger partial charge in [0.2, 0.25) is 0 Å². The summed E-state index contributed by atoms with van der Waals surface area (Å²) >= 11 is 0. The minimum absolute atomic E-state index is 0.328. The first-order valence-electron chi connectivity index (χ1n) is 16.9. The fourth-order valence-corrected chi connectivity index (χ4v) is 7.68. The standard InChI is InChI=1S/C46H32N2O2/c1-29-23-25-34(30(2)27-29)33-24-26-41-39(28-33)37-17-9-10-21-40(37)47(41)42-22-12-20-38-43(42)46(50)48(45(38)49)44-35(31-13-5-3-6-14-31)18-11-19-36(44)32-15-7-4-8-16-32/h3-28H,1-2H3. The van der Waals surface area contributed by atoms with Gasteiger partial charge in [-0.25, -0.2) is 4.90 Å². The van der Waals surface area contributed by atoms with Crippen LogP contribution in [0.3, 0.4) is 0 Å². The quantitative estimate of drug-likeness (QED) is 0.175. The van der Waals surface area contributed by atoms with Crippen LogP contribution in [0.1, 0.15) is 31.8 Å². The van der Waals surface area contributed by atoms with Crippen LogP contribution in [0, 0.1) is 13.8 Å². The summed E-state index contributed by atoms with van der Waals surface area (Å²) in [6.45, 7) is 4.26. The Balaban J connectivity index is 1.26. The van der Waals surface area contributed by atoms with E-state index in [9.17, 15) is 9.59 Å². The maximum absolute atomic E-state index is 15.0. The Bertz CT molecular complexity index is 2590. The van der Waals surface area contributed by atoms with Gasteiger partial charge in [0, 0.05) is 21.9 Å². The Morgan fingerprint density at radius 1 is 0.440 bits per heavy atom. The van der Waals surface area contributed by atoms with Crippen LogP contribution in [0.4, 0.5) is 5.69 Å². The molecule has 0 bridgehead atoms. The van der Waals surface area contributed by atoms with Gasteiger partial charge in [-0.2, -0.15) is 0 Å². The van der Waals surface area contributed by atoms with Crippen molar-refractivity contribution in [3.8, 4) is 39.1 Å². The van der Waals surface area contributed by atoms with Crippen LogP contribution in [-0.4, -0.2) is 16.4 Å². The van der Waals surface area contributed by atoms with Crippen molar-refractivity contribution in [3.05, 3.63) is 180 Å². The van der Waals surface area contributed by atoms with Crippen LogP contribution < -0.4 is 4.90 Å². The second kappa shape index (κ2) is 11.6. The number of benzene rings is 7. The van der Waals surface area contributed by atoms with E-state index in [-0.39, 0.29) is 11.8 Å². The number of carbonyl (C=O) groups is 2. The number of amides is 2. The molecule has 0 N–H and O–H groups in total. The Morgan fingerprint density at radius 2 is 1.06 bits per heavy atom. The van der Waals surface area contributed by atoms with E-state index < -0.39 is 0 Å². The number of fused-ring (bicyclic) bond motifs is 4. The van der Waals surface area contributed by atoms with Crippen molar-refractivity contribution in [1.82, 2.24) is 4.57 Å². The van der Waals surface area contributed by atoms with Crippen LogP contribution in [0.15, 0.2) is 158 Å². The number of hydrogen-bond donors (Lipinski definition) is 0. The zero-order valence-electron chi connectivity index (χ0n) is 27.7. The molecule has 0 fully saturated rings. The molecule has 4 heteroatoms. The van der Waals surface area contributed by atoms with Gasteiger partial charge in [0.05, 0.1) is 33.5 Å². The summed E-state index contributed by atoms with van der Waals surface area (Å²) in [5.41, 5.74) is 12.3. The molecule has 1 aliphatic heterocycles. The third-order valence-corrected chi connectivity index (χ3v) is 9.93. The zero-order chi connectivity index (χ0) is 33.9. The summed E-state index contributed by atoms with van der Waals surface area (Å²) < 4.78 is 2.14. The van der Waals surface area contributed by atoms with Gasteiger partial charge in [-0.1, -0.05) is 133 Å². The van der Waals surface area contributed by atoms with Gasteiger partial charge in [0.15, 0.2) is 0 Å². The van der Waals surface area contributed by atoms with Crippen LogP contribution >= 0.6 is 0 Å². The summed E-state index contributed by atoms with van der Waals surface area (Å²) in [6.07, 6.45) is 0. The van der Waals surface area contributed by atoms with Gasteiger partial charge >= 0.3 is 0 Å². The highest BCUT2D eigenvalue weighted by Crippen LogP contribution is 2.45. The largest absolute Gasteiger partial charge is 0.308 e. The summed E-state index contributed by atoms with van der Waals surface area (Å²) in [4.78, 5) is 30.9. The van der Waals surface area contributed by atoms with Gasteiger partial charge in [-0.05, 0) is 72.0 Å². The molecular weight excluding hydrogens is 613 g/mol. The molecule has 7 aromatic carbocycles. The number of aromatic nitrogens is 1. The average Bonchev–Trinajstić information content (AvgIpc) is 3.62. The van der Waals surface area contributed by atoms with Crippen LogP contribution in [0.2, 0.25) is 0 Å². The van der Waals surface area contributed by atoms with E-state index in [1.165, 1.54) is 21.6 Å². The molecule has 9 rings (SSSR count). The highest BCUT2D eigenvalue weighted by atomic mass is 16.2. The van der Waals surface area contributed by atoms with Crippen molar-refractivity contribution in [2.45, 2.75) is 13.8 Å². The van der Waals surface area contributed by atoms with E-state index in [2.05, 4.69) is 66.9 Å². The highest BCUT2D eigenvalue weighted by molar-refractivity contribution is 6.37. The van der Waals surface area contributed by atoms with E-state index in [1.807, 2.05) is 103 Å². The minimum atomic E-state index is -0.334. The Kier molecular flexibility index (Phi) is 6.85. The monoisotopic (exact) mass is 644 g/mol. The number of aryl methyl sites for hydroxylation is 2. The van der Waals surface area contributed by atoms with Gasteiger partial charge in [-0.15, -0.1) is 0 Å². The average molecular weight is 645 g/mol. The molecule has 2 amide bonds. The van der Waals surface area contributed by atoms with Gasteiger partial charge < -0.3 is 4.57 Å². The molecule has 0 atom stereocenters. The molecule has 0 unspecified atom stereocenters. The number of nitrogens with zero attached hydrogens (tertiary/aromatic N) is 2. The molecule has 0 saturated carbocycles. The van der Waals surface area contributed by atoms with Crippen LogP contribution in [0.5, 0.6) is 0 Å². The van der Waals surface area contributed by atoms with Gasteiger partial charge in [-0.3, -0.25) is 9.59 Å². The third-order valence-electron chi connectivity index (χ3n) is 9.93. The molecule has 0 radical (unpaired) electrons. The lowest BCUT2D eigenvalue weighted by Crippen LogP contribution is -2.30. The fraction of sp³-hybridized carbons (Fsp3) is 0.0435. The molecule has 238 valence electrons. The molecule has 4 nitrogen and oxygen atoms in total. The van der Waals surface area contributed by atoms with E-state index in [1.54, 1.807) is 6.07 Å². The predicted octanol–water partition coefficient (Wildman–Crippen LogP) is 11.2. The molecule has 1 aliphatic rings. The van der Waals surface area contributed by atoms with E-state index in [4.69, 9.17) is 0 Å². The molecular formula is C46H32N2O2. The second-order valence-corrected chi connectivity index (χ2v) is 13.0. The SMILES string of the molecule is Cc1ccc(-c2ccc3c(c2)c2ccccc2n3-c2cccc3c2C(=O)N(c2c(-c4ccccc4)cccc2-c2ccccc2)C3=O)c(C)c1. The molecule has 1 aromatic heterocycles. The van der Waals surface area contributed by atoms with Crippen LogP contribution in [-0.2, 0) is 0 Å². The smallest absolute Gasteiger partial charge is 0.268 e. The van der Waals surface area contributed by atoms with E-state index >= 15 is 0 Å². The molecule has 0 saturated heterocycles. The first-order valence-corrected chi connectivity index (χ1v) is 16.9. The summed E-state index contributed by atoms with van der Waals surface area (Å²) in [5.74, 6) is -0.663. The zero-order valence-corrected chi connectivity index (χ0v) is 27.7.